The van der Waals surface area contributed by atoms with E-state index in [0.29, 0.717) is 5.76 Å². The molecule has 1 atom stereocenters. The molecule has 0 bridgehead atoms. The molecule has 3 aromatic rings. The molecule has 0 aliphatic heterocycles. The molecule has 1 unspecified atom stereocenters. The number of halogens is 1. The molecule has 0 radical (unpaired) electrons. The maximum atomic E-state index is 13.0. The topological polar surface area (TPSA) is 97.2 Å². The Bertz CT molecular complexity index is 962. The van der Waals surface area contributed by atoms with Gasteiger partial charge in [0.1, 0.15) is 17.0 Å². The molecule has 2 aromatic heterocycles. The number of carbonyl (C=O) groups excluding carboxylic acids is 1. The summed E-state index contributed by atoms with van der Waals surface area (Å²) < 4.78 is 23.7. The van der Waals surface area contributed by atoms with Gasteiger partial charge in [-0.2, -0.15) is 0 Å². The zero-order valence-corrected chi connectivity index (χ0v) is 13.6. The molecule has 0 spiro atoms. The van der Waals surface area contributed by atoms with Gasteiger partial charge in [-0.05, 0) is 24.6 Å². The molecule has 7 nitrogen and oxygen atoms in total. The van der Waals surface area contributed by atoms with E-state index in [9.17, 15) is 14.0 Å². The lowest BCUT2D eigenvalue weighted by Crippen LogP contribution is -2.30. The van der Waals surface area contributed by atoms with Crippen molar-refractivity contribution >= 4 is 17.0 Å². The van der Waals surface area contributed by atoms with Gasteiger partial charge < -0.3 is 19.5 Å². The van der Waals surface area contributed by atoms with E-state index in [-0.39, 0.29) is 29.0 Å². The molecule has 8 heteroatoms. The summed E-state index contributed by atoms with van der Waals surface area (Å²) in [6, 6.07) is 5.82. The Kier molecular flexibility index (Phi) is 4.62. The number of carbonyl (C=O) groups is 1. The minimum absolute atomic E-state index is 0.105. The Morgan fingerprint density at radius 3 is 2.80 bits per heavy atom. The summed E-state index contributed by atoms with van der Waals surface area (Å²) in [5.74, 6) is -0.527. The number of furan rings is 1. The average molecular weight is 345 g/mol. The lowest BCUT2D eigenvalue weighted by Gasteiger charge is -2.16. The van der Waals surface area contributed by atoms with E-state index in [1.54, 1.807) is 19.1 Å². The Balaban J connectivity index is 1.82. The van der Waals surface area contributed by atoms with Gasteiger partial charge in [0.2, 0.25) is 5.71 Å². The summed E-state index contributed by atoms with van der Waals surface area (Å²) in [7, 11) is 1.49. The monoisotopic (exact) mass is 345 g/mol. The van der Waals surface area contributed by atoms with Gasteiger partial charge in [-0.25, -0.2) is 9.37 Å². The van der Waals surface area contributed by atoms with Crippen LogP contribution in [-0.4, -0.2) is 29.5 Å². The molecule has 2 heterocycles. The van der Waals surface area contributed by atoms with Crippen molar-refractivity contribution in [1.82, 2.24) is 15.3 Å². The average Bonchev–Trinajstić information content (AvgIpc) is 2.94. The summed E-state index contributed by atoms with van der Waals surface area (Å²) in [6.45, 7) is 1.73. The Morgan fingerprint density at radius 1 is 1.40 bits per heavy atom. The number of H-pyrrole nitrogens is 1. The summed E-state index contributed by atoms with van der Waals surface area (Å²) in [5.41, 5.74) is 0.512. The van der Waals surface area contributed by atoms with Crippen LogP contribution < -0.4 is 10.9 Å². The van der Waals surface area contributed by atoms with E-state index in [0.717, 1.165) is 5.56 Å². The van der Waals surface area contributed by atoms with Gasteiger partial charge in [0.15, 0.2) is 0 Å². The second-order valence-corrected chi connectivity index (χ2v) is 5.43. The van der Waals surface area contributed by atoms with Gasteiger partial charge in [0.25, 0.3) is 11.5 Å². The molecule has 1 amide bonds. The van der Waals surface area contributed by atoms with Crippen LogP contribution in [0.1, 0.15) is 27.8 Å². The third-order valence-electron chi connectivity index (χ3n) is 3.87. The molecule has 2 N–H and O–H groups in total. The summed E-state index contributed by atoms with van der Waals surface area (Å²) in [5, 5.41) is 2.82. The minimum Gasteiger partial charge on any atom is -0.442 e. The molecule has 25 heavy (non-hydrogen) atoms. The molecular formula is C17H16FN3O4. The van der Waals surface area contributed by atoms with Gasteiger partial charge in [0, 0.05) is 13.7 Å². The first-order valence-electron chi connectivity index (χ1n) is 7.54. The maximum absolute atomic E-state index is 13.0. The number of amides is 1. The van der Waals surface area contributed by atoms with Crippen LogP contribution in [0.4, 0.5) is 4.39 Å². The second-order valence-electron chi connectivity index (χ2n) is 5.43. The van der Waals surface area contributed by atoms with Crippen molar-refractivity contribution in [1.29, 1.82) is 0 Å². The maximum Gasteiger partial charge on any atom is 0.262 e. The van der Waals surface area contributed by atoms with Crippen molar-refractivity contribution < 1.29 is 18.3 Å². The van der Waals surface area contributed by atoms with Crippen molar-refractivity contribution in [3.8, 4) is 0 Å². The molecule has 3 rings (SSSR count). The third-order valence-corrected chi connectivity index (χ3v) is 3.87. The van der Waals surface area contributed by atoms with Crippen LogP contribution in [0.3, 0.4) is 0 Å². The third kappa shape index (κ3) is 3.29. The van der Waals surface area contributed by atoms with Crippen LogP contribution in [0, 0.1) is 12.7 Å². The van der Waals surface area contributed by atoms with Crippen LogP contribution in [0.2, 0.25) is 0 Å². The number of hydrogen-bond donors (Lipinski definition) is 2. The second kappa shape index (κ2) is 6.86. The van der Waals surface area contributed by atoms with E-state index < -0.39 is 17.6 Å². The number of aromatic nitrogens is 2. The number of benzene rings is 1. The predicted octanol–water partition coefficient (Wildman–Crippen LogP) is 2.08. The van der Waals surface area contributed by atoms with E-state index >= 15 is 0 Å². The standard InChI is InChI=1S/C17H16FN3O4/c1-9-13(14-16(23)20-8-21-17(14)25-9)15(22)19-7-12(24-2)10-3-5-11(18)6-4-10/h3-6,8,12H,7H2,1-2H3,(H,19,22)(H,20,21,23). The number of fused-ring (bicyclic) bond motifs is 1. The van der Waals surface area contributed by atoms with Crippen LogP contribution in [0.15, 0.2) is 39.8 Å². The van der Waals surface area contributed by atoms with Crippen molar-refractivity contribution in [2.75, 3.05) is 13.7 Å². The summed E-state index contributed by atoms with van der Waals surface area (Å²) >= 11 is 0. The summed E-state index contributed by atoms with van der Waals surface area (Å²) in [6.07, 6.45) is 0.754. The highest BCUT2D eigenvalue weighted by molar-refractivity contribution is 6.06. The Morgan fingerprint density at radius 2 is 2.12 bits per heavy atom. The van der Waals surface area contributed by atoms with Gasteiger partial charge in [-0.1, -0.05) is 12.1 Å². The fraction of sp³-hybridized carbons (Fsp3) is 0.235. The molecule has 130 valence electrons. The van der Waals surface area contributed by atoms with Crippen LogP contribution in [0.25, 0.3) is 11.1 Å². The number of rotatable bonds is 5. The number of methoxy groups -OCH3 is 1. The van der Waals surface area contributed by atoms with E-state index in [4.69, 9.17) is 9.15 Å². The fourth-order valence-electron chi connectivity index (χ4n) is 2.62. The van der Waals surface area contributed by atoms with Crippen LogP contribution in [0.5, 0.6) is 0 Å². The normalized spacial score (nSPS) is 12.3. The number of aryl methyl sites for hydroxylation is 1. The predicted molar refractivity (Wildman–Crippen MR) is 87.8 cm³/mol. The Hall–Kier alpha value is -3.00. The van der Waals surface area contributed by atoms with E-state index in [1.807, 2.05) is 0 Å². The zero-order valence-electron chi connectivity index (χ0n) is 13.6. The number of hydrogen-bond acceptors (Lipinski definition) is 5. The number of nitrogens with one attached hydrogen (secondary N) is 2. The lowest BCUT2D eigenvalue weighted by molar-refractivity contribution is 0.0827. The van der Waals surface area contributed by atoms with E-state index in [1.165, 1.54) is 25.6 Å². The van der Waals surface area contributed by atoms with Crippen LogP contribution >= 0.6 is 0 Å². The molecular weight excluding hydrogens is 329 g/mol. The van der Waals surface area contributed by atoms with Crippen molar-refractivity contribution in [2.45, 2.75) is 13.0 Å². The van der Waals surface area contributed by atoms with Crippen molar-refractivity contribution in [3.05, 3.63) is 63.7 Å². The molecule has 0 aliphatic rings. The summed E-state index contributed by atoms with van der Waals surface area (Å²) in [4.78, 5) is 30.8. The first-order chi connectivity index (χ1) is 12.0. The van der Waals surface area contributed by atoms with Crippen molar-refractivity contribution in [3.63, 3.8) is 0 Å². The highest BCUT2D eigenvalue weighted by Crippen LogP contribution is 2.21. The van der Waals surface area contributed by atoms with Gasteiger partial charge in [0.05, 0.1) is 18.0 Å². The van der Waals surface area contributed by atoms with Crippen molar-refractivity contribution in [2.24, 2.45) is 0 Å². The van der Waals surface area contributed by atoms with Gasteiger partial charge in [-0.3, -0.25) is 9.59 Å². The van der Waals surface area contributed by atoms with Gasteiger partial charge >= 0.3 is 0 Å². The number of ether oxygens (including phenoxy) is 1. The fourth-order valence-corrected chi connectivity index (χ4v) is 2.62. The number of nitrogens with zero attached hydrogens (tertiary/aromatic N) is 1. The largest absolute Gasteiger partial charge is 0.442 e. The molecule has 1 aromatic carbocycles. The highest BCUT2D eigenvalue weighted by Gasteiger charge is 2.22. The molecule has 0 fully saturated rings. The first-order valence-corrected chi connectivity index (χ1v) is 7.54. The number of aromatic amines is 1. The smallest absolute Gasteiger partial charge is 0.262 e. The first kappa shape index (κ1) is 16.8. The SMILES string of the molecule is COC(CNC(=O)c1c(C)oc2nc[nH]c(=O)c12)c1ccc(F)cc1. The molecule has 0 saturated carbocycles. The molecule has 0 aliphatic carbocycles. The zero-order chi connectivity index (χ0) is 18.0. The quantitative estimate of drug-likeness (QED) is 0.738. The minimum atomic E-state index is -0.473. The lowest BCUT2D eigenvalue weighted by atomic mass is 10.1. The molecule has 0 saturated heterocycles. The van der Waals surface area contributed by atoms with E-state index in [2.05, 4.69) is 15.3 Å². The van der Waals surface area contributed by atoms with Crippen LogP contribution in [-0.2, 0) is 4.74 Å². The van der Waals surface area contributed by atoms with Gasteiger partial charge in [-0.15, -0.1) is 0 Å². The Labute approximate surface area is 141 Å². The highest BCUT2D eigenvalue weighted by atomic mass is 19.1.